The Bertz CT molecular complexity index is 1540. The maximum Gasteiger partial charge on any atom is 0.259 e. The molecule has 0 fully saturated rings. The van der Waals surface area contributed by atoms with Crippen LogP contribution in [0.2, 0.25) is 0 Å². The predicted octanol–water partition coefficient (Wildman–Crippen LogP) is 8.62. The molecule has 5 nitrogen and oxygen atoms in total. The van der Waals surface area contributed by atoms with E-state index in [4.69, 9.17) is 9.73 Å². The van der Waals surface area contributed by atoms with E-state index in [2.05, 4.69) is 27.3 Å². The highest BCUT2D eigenvalue weighted by Crippen LogP contribution is 2.39. The van der Waals surface area contributed by atoms with Gasteiger partial charge >= 0.3 is 0 Å². The van der Waals surface area contributed by atoms with Crippen molar-refractivity contribution in [3.63, 3.8) is 0 Å². The molecule has 1 N–H and O–H groups in total. The Morgan fingerprint density at radius 1 is 1.03 bits per heavy atom. The first-order valence-corrected chi connectivity index (χ1v) is 14.7. The average molecular weight is 599 g/mol. The van der Waals surface area contributed by atoms with Crippen molar-refractivity contribution in [2.75, 3.05) is 5.32 Å². The lowest BCUT2D eigenvalue weighted by atomic mass is 9.96. The standard InChI is InChI=1S/C32H28BrN3O2S/c33-27-18-22(16-17-28(27)38-21-24-11-9-8-10-23(24)19-34)20-35-32-30(31(37)36-25-12-4-3-5-13-25)26-14-6-1-2-7-15-29(26)39-32/h3-5,8-13,16-18,20H,1-2,6-7,14-15,21H2,(H,36,37). The van der Waals surface area contributed by atoms with E-state index in [-0.39, 0.29) is 5.91 Å². The van der Waals surface area contributed by atoms with Crippen molar-refractivity contribution in [2.24, 2.45) is 4.99 Å². The van der Waals surface area contributed by atoms with Gasteiger partial charge in [-0.3, -0.25) is 4.79 Å². The van der Waals surface area contributed by atoms with Crippen molar-refractivity contribution in [3.8, 4) is 11.8 Å². The summed E-state index contributed by atoms with van der Waals surface area (Å²) in [5, 5.41) is 13.1. The quantitative estimate of drug-likeness (QED) is 0.217. The molecule has 196 valence electrons. The average Bonchev–Trinajstić information content (AvgIpc) is 3.28. The summed E-state index contributed by atoms with van der Waals surface area (Å²) in [5.74, 6) is 0.580. The number of amides is 1. The summed E-state index contributed by atoms with van der Waals surface area (Å²) in [6.07, 6.45) is 8.36. The molecule has 4 aromatic rings. The summed E-state index contributed by atoms with van der Waals surface area (Å²) >= 11 is 5.25. The zero-order valence-corrected chi connectivity index (χ0v) is 23.9. The Hall–Kier alpha value is -3.73. The molecule has 0 saturated heterocycles. The van der Waals surface area contributed by atoms with Crippen molar-refractivity contribution in [3.05, 3.63) is 110 Å². The Balaban J connectivity index is 1.38. The van der Waals surface area contributed by atoms with E-state index in [1.165, 1.54) is 17.7 Å². The number of ether oxygens (including phenoxy) is 1. The fourth-order valence-corrected chi connectivity index (χ4v) is 6.45. The molecule has 0 atom stereocenters. The predicted molar refractivity (Wildman–Crippen MR) is 161 cm³/mol. The van der Waals surface area contributed by atoms with Gasteiger partial charge in [-0.1, -0.05) is 49.2 Å². The second-order valence-corrected chi connectivity index (χ2v) is 11.4. The van der Waals surface area contributed by atoms with E-state index < -0.39 is 0 Å². The molecule has 1 amide bonds. The van der Waals surface area contributed by atoms with Crippen LogP contribution in [0.1, 0.15) is 63.2 Å². The molecule has 1 aliphatic carbocycles. The molecule has 1 aliphatic rings. The Morgan fingerprint density at radius 2 is 1.79 bits per heavy atom. The molecule has 0 spiro atoms. The van der Waals surface area contributed by atoms with Gasteiger partial charge in [-0.25, -0.2) is 4.99 Å². The number of hydrogen-bond donors (Lipinski definition) is 1. The van der Waals surface area contributed by atoms with E-state index in [1.807, 2.05) is 66.7 Å². The molecule has 1 aromatic heterocycles. The summed E-state index contributed by atoms with van der Waals surface area (Å²) < 4.78 is 6.77. The molecule has 3 aromatic carbocycles. The SMILES string of the molecule is N#Cc1ccccc1COc1ccc(C=Nc2sc3c(c2C(=O)Nc2ccccc2)CCCCCC3)cc1Br. The molecule has 0 bridgehead atoms. The van der Waals surface area contributed by atoms with Crippen LogP contribution in [0.5, 0.6) is 5.75 Å². The van der Waals surface area contributed by atoms with Crippen LogP contribution in [0.15, 0.2) is 82.3 Å². The second kappa shape index (κ2) is 12.9. The van der Waals surface area contributed by atoms with Crippen LogP contribution in [-0.2, 0) is 19.4 Å². The number of halogens is 1. The van der Waals surface area contributed by atoms with Gasteiger partial charge in [-0.2, -0.15) is 5.26 Å². The van der Waals surface area contributed by atoms with Crippen LogP contribution in [0, 0.1) is 11.3 Å². The summed E-state index contributed by atoms with van der Waals surface area (Å²) in [6, 6.07) is 25.0. The van der Waals surface area contributed by atoms with Gasteiger partial charge in [0.15, 0.2) is 0 Å². The van der Waals surface area contributed by atoms with Gasteiger partial charge in [-0.15, -0.1) is 11.3 Å². The highest BCUT2D eigenvalue weighted by molar-refractivity contribution is 9.10. The van der Waals surface area contributed by atoms with Gasteiger partial charge < -0.3 is 10.1 Å². The minimum absolute atomic E-state index is 0.103. The van der Waals surface area contributed by atoms with Gasteiger partial charge in [0.1, 0.15) is 17.4 Å². The van der Waals surface area contributed by atoms with E-state index in [9.17, 15) is 10.1 Å². The number of nitrogens with one attached hydrogen (secondary N) is 1. The monoisotopic (exact) mass is 597 g/mol. The molecule has 0 aliphatic heterocycles. The minimum Gasteiger partial charge on any atom is -0.488 e. The normalized spacial score (nSPS) is 13.2. The fourth-order valence-electron chi connectivity index (χ4n) is 4.70. The van der Waals surface area contributed by atoms with Crippen LogP contribution < -0.4 is 10.1 Å². The molecule has 0 unspecified atom stereocenters. The lowest BCUT2D eigenvalue weighted by molar-refractivity contribution is 0.102. The highest BCUT2D eigenvalue weighted by atomic mass is 79.9. The summed E-state index contributed by atoms with van der Waals surface area (Å²) in [6.45, 7) is 0.302. The third-order valence-corrected chi connectivity index (χ3v) is 8.54. The Morgan fingerprint density at radius 3 is 2.59 bits per heavy atom. The maximum atomic E-state index is 13.5. The number of carbonyl (C=O) groups is 1. The number of benzene rings is 3. The zero-order chi connectivity index (χ0) is 27.0. The van der Waals surface area contributed by atoms with Crippen molar-refractivity contribution < 1.29 is 9.53 Å². The van der Waals surface area contributed by atoms with Gasteiger partial charge in [0, 0.05) is 22.3 Å². The number of thiophene rings is 1. The van der Waals surface area contributed by atoms with Crippen LogP contribution >= 0.6 is 27.3 Å². The number of anilines is 1. The molecule has 5 rings (SSSR count). The number of nitriles is 1. The van der Waals surface area contributed by atoms with E-state index >= 15 is 0 Å². The fraction of sp³-hybridized carbons (Fsp3) is 0.219. The topological polar surface area (TPSA) is 74.5 Å². The number of aliphatic imine (C=N–C) groups is 1. The number of hydrogen-bond acceptors (Lipinski definition) is 5. The van der Waals surface area contributed by atoms with E-state index in [0.29, 0.717) is 23.5 Å². The van der Waals surface area contributed by atoms with Crippen molar-refractivity contribution in [1.29, 1.82) is 5.26 Å². The van der Waals surface area contributed by atoms with Gasteiger partial charge in [0.2, 0.25) is 0 Å². The number of fused-ring (bicyclic) bond motifs is 1. The third-order valence-electron chi connectivity index (χ3n) is 6.72. The molecule has 0 radical (unpaired) electrons. The molecule has 1 heterocycles. The van der Waals surface area contributed by atoms with Crippen molar-refractivity contribution in [1.82, 2.24) is 0 Å². The van der Waals surface area contributed by atoms with Crippen LogP contribution in [0.25, 0.3) is 0 Å². The number of aryl methyl sites for hydroxylation is 1. The molecular weight excluding hydrogens is 570 g/mol. The van der Waals surface area contributed by atoms with Gasteiger partial charge in [0.05, 0.1) is 21.7 Å². The molecule has 7 heteroatoms. The van der Waals surface area contributed by atoms with Crippen molar-refractivity contribution >= 4 is 50.1 Å². The lowest BCUT2D eigenvalue weighted by Gasteiger charge is -2.12. The molecular formula is C32H28BrN3O2S. The highest BCUT2D eigenvalue weighted by Gasteiger charge is 2.24. The third kappa shape index (κ3) is 6.65. The lowest BCUT2D eigenvalue weighted by Crippen LogP contribution is -2.14. The second-order valence-electron chi connectivity index (χ2n) is 9.42. The maximum absolute atomic E-state index is 13.5. The van der Waals surface area contributed by atoms with Crippen molar-refractivity contribution in [2.45, 2.75) is 45.1 Å². The van der Waals surface area contributed by atoms with Gasteiger partial charge in [-0.05, 0) is 89.1 Å². The molecule has 39 heavy (non-hydrogen) atoms. The van der Waals surface area contributed by atoms with Crippen LogP contribution in [-0.4, -0.2) is 12.1 Å². The Kier molecular flexibility index (Phi) is 8.87. The largest absolute Gasteiger partial charge is 0.488 e. The smallest absolute Gasteiger partial charge is 0.259 e. The van der Waals surface area contributed by atoms with Crippen LogP contribution in [0.3, 0.4) is 0 Å². The Labute approximate surface area is 241 Å². The minimum atomic E-state index is -0.103. The van der Waals surface area contributed by atoms with Crippen LogP contribution in [0.4, 0.5) is 10.7 Å². The number of rotatable bonds is 7. The number of carbonyl (C=O) groups excluding carboxylic acids is 1. The summed E-state index contributed by atoms with van der Waals surface area (Å²) in [7, 11) is 0. The first kappa shape index (κ1) is 26.9. The number of nitrogens with zero attached hydrogens (tertiary/aromatic N) is 2. The van der Waals surface area contributed by atoms with E-state index in [0.717, 1.165) is 57.5 Å². The summed E-state index contributed by atoms with van der Waals surface area (Å²) in [4.78, 5) is 19.6. The number of para-hydroxylation sites is 1. The van der Waals surface area contributed by atoms with E-state index in [1.54, 1.807) is 23.6 Å². The summed E-state index contributed by atoms with van der Waals surface area (Å²) in [5.41, 5.74) is 4.97. The molecule has 0 saturated carbocycles. The zero-order valence-electron chi connectivity index (χ0n) is 21.5. The first-order valence-electron chi connectivity index (χ1n) is 13.1. The first-order chi connectivity index (χ1) is 19.1. The van der Waals surface area contributed by atoms with Gasteiger partial charge in [0.25, 0.3) is 5.91 Å².